The summed E-state index contributed by atoms with van der Waals surface area (Å²) in [4.78, 5) is 22.7. The Balaban J connectivity index is 1.40. The fourth-order valence-electron chi connectivity index (χ4n) is 3.39. The van der Waals surface area contributed by atoms with Crippen LogP contribution in [0.3, 0.4) is 0 Å². The smallest absolute Gasteiger partial charge is 0.261 e. The van der Waals surface area contributed by atoms with Gasteiger partial charge in [-0.2, -0.15) is 0 Å². The van der Waals surface area contributed by atoms with Gasteiger partial charge >= 0.3 is 0 Å². The maximum absolute atomic E-state index is 13.3. The molecule has 3 heterocycles. The van der Waals surface area contributed by atoms with E-state index in [1.165, 1.54) is 12.1 Å². The minimum atomic E-state index is -0.279. The third-order valence-electron chi connectivity index (χ3n) is 4.69. The van der Waals surface area contributed by atoms with Gasteiger partial charge in [0.1, 0.15) is 23.4 Å². The Bertz CT molecular complexity index is 945. The number of aromatic nitrogens is 2. The highest BCUT2D eigenvalue weighted by molar-refractivity contribution is 5.78. The molecule has 144 valence electrons. The molecular weight excluding hydrogens is 361 g/mol. The molecule has 0 spiro atoms. The zero-order valence-electron chi connectivity index (χ0n) is 15.3. The highest BCUT2D eigenvalue weighted by Crippen LogP contribution is 2.32. The van der Waals surface area contributed by atoms with Gasteiger partial charge in [-0.05, 0) is 42.7 Å². The number of carbonyl (C=O) groups is 1. The molecule has 2 aromatic heterocycles. The van der Waals surface area contributed by atoms with Gasteiger partial charge in [0.2, 0.25) is 5.89 Å². The molecule has 0 N–H and O–H groups in total. The Morgan fingerprint density at radius 1 is 1.29 bits per heavy atom. The van der Waals surface area contributed by atoms with Crippen molar-refractivity contribution in [3.05, 3.63) is 78.0 Å². The van der Waals surface area contributed by atoms with Gasteiger partial charge < -0.3 is 14.1 Å². The minimum absolute atomic E-state index is 0.0565. The van der Waals surface area contributed by atoms with Crippen molar-refractivity contribution in [3.8, 4) is 5.75 Å². The number of amides is 1. The van der Waals surface area contributed by atoms with Gasteiger partial charge in [0.05, 0.1) is 12.4 Å². The molecule has 1 fully saturated rings. The van der Waals surface area contributed by atoms with Crippen molar-refractivity contribution in [1.82, 2.24) is 14.9 Å². The van der Waals surface area contributed by atoms with Gasteiger partial charge in [0.25, 0.3) is 5.91 Å². The molecule has 3 aromatic rings. The van der Waals surface area contributed by atoms with Crippen LogP contribution in [0, 0.1) is 5.82 Å². The van der Waals surface area contributed by atoms with E-state index in [2.05, 4.69) is 9.97 Å². The zero-order valence-corrected chi connectivity index (χ0v) is 15.3. The maximum atomic E-state index is 13.3. The molecule has 0 bridgehead atoms. The van der Waals surface area contributed by atoms with Gasteiger partial charge in [-0.15, -0.1) is 0 Å². The largest absolute Gasteiger partial charge is 0.482 e. The van der Waals surface area contributed by atoms with Gasteiger partial charge in [0.15, 0.2) is 6.61 Å². The monoisotopic (exact) mass is 381 g/mol. The summed E-state index contributed by atoms with van der Waals surface area (Å²) in [6.45, 7) is 0.584. The molecule has 1 atom stereocenters. The normalized spacial score (nSPS) is 16.3. The number of nitrogens with zero attached hydrogens (tertiary/aromatic N) is 3. The van der Waals surface area contributed by atoms with Gasteiger partial charge in [0, 0.05) is 19.2 Å². The first kappa shape index (κ1) is 18.2. The molecule has 0 aliphatic carbocycles. The Labute approximate surface area is 162 Å². The number of hydrogen-bond acceptors (Lipinski definition) is 5. The van der Waals surface area contributed by atoms with Gasteiger partial charge in [-0.3, -0.25) is 9.78 Å². The average Bonchev–Trinajstić information content (AvgIpc) is 3.36. The number of oxazole rings is 1. The van der Waals surface area contributed by atoms with E-state index in [-0.39, 0.29) is 24.4 Å². The van der Waals surface area contributed by atoms with Crippen molar-refractivity contribution < 1.29 is 18.3 Å². The fraction of sp³-hybridized carbons (Fsp3) is 0.286. The van der Waals surface area contributed by atoms with Crippen LogP contribution in [0.15, 0.2) is 59.4 Å². The SMILES string of the molecule is O=C(COc1cccnc1)N1CCC[C@@H]1c1ncc(Cc2cccc(F)c2)o1. The second-order valence-electron chi connectivity index (χ2n) is 6.69. The number of carbonyl (C=O) groups excluding carboxylic acids is 1. The van der Waals surface area contributed by atoms with Crippen molar-refractivity contribution in [1.29, 1.82) is 0 Å². The van der Waals surface area contributed by atoms with E-state index in [1.54, 1.807) is 41.7 Å². The van der Waals surface area contributed by atoms with Crippen molar-refractivity contribution >= 4 is 5.91 Å². The van der Waals surface area contributed by atoms with Crippen molar-refractivity contribution in [3.63, 3.8) is 0 Å². The lowest BCUT2D eigenvalue weighted by molar-refractivity contribution is -0.134. The number of pyridine rings is 1. The molecule has 1 aromatic carbocycles. The third-order valence-corrected chi connectivity index (χ3v) is 4.69. The van der Waals surface area contributed by atoms with Crippen LogP contribution >= 0.6 is 0 Å². The number of hydrogen-bond donors (Lipinski definition) is 0. The van der Waals surface area contributed by atoms with Crippen LogP contribution in [-0.4, -0.2) is 33.9 Å². The second-order valence-corrected chi connectivity index (χ2v) is 6.69. The molecule has 0 unspecified atom stereocenters. The average molecular weight is 381 g/mol. The predicted molar refractivity (Wildman–Crippen MR) is 99.1 cm³/mol. The summed E-state index contributed by atoms with van der Waals surface area (Å²) in [6, 6.07) is 9.70. The first-order valence-electron chi connectivity index (χ1n) is 9.20. The molecule has 28 heavy (non-hydrogen) atoms. The summed E-state index contributed by atoms with van der Waals surface area (Å²) in [5.74, 6) is 1.32. The molecule has 4 rings (SSSR count). The van der Waals surface area contributed by atoms with Crippen LogP contribution in [0.2, 0.25) is 0 Å². The van der Waals surface area contributed by atoms with Crippen LogP contribution < -0.4 is 4.74 Å². The Hall–Kier alpha value is -3.22. The first-order valence-corrected chi connectivity index (χ1v) is 9.20. The highest BCUT2D eigenvalue weighted by atomic mass is 19.1. The van der Waals surface area contributed by atoms with Crippen molar-refractivity contribution in [2.24, 2.45) is 0 Å². The number of halogens is 1. The molecule has 1 aliphatic heterocycles. The molecule has 1 aliphatic rings. The molecule has 1 amide bonds. The number of rotatable bonds is 6. The quantitative estimate of drug-likeness (QED) is 0.653. The Morgan fingerprint density at radius 3 is 3.04 bits per heavy atom. The van der Waals surface area contributed by atoms with E-state index in [0.717, 1.165) is 18.4 Å². The third kappa shape index (κ3) is 4.19. The molecule has 0 radical (unpaired) electrons. The summed E-state index contributed by atoms with van der Waals surface area (Å²) < 4.78 is 24.7. The number of benzene rings is 1. The number of ether oxygens (including phenoxy) is 1. The second kappa shape index (κ2) is 8.21. The first-order chi connectivity index (χ1) is 13.7. The Kier molecular flexibility index (Phi) is 5.32. The van der Waals surface area contributed by atoms with E-state index in [9.17, 15) is 9.18 Å². The van der Waals surface area contributed by atoms with E-state index in [4.69, 9.17) is 9.15 Å². The lowest BCUT2D eigenvalue weighted by atomic mass is 10.1. The van der Waals surface area contributed by atoms with Crippen LogP contribution in [0.5, 0.6) is 5.75 Å². The van der Waals surface area contributed by atoms with Gasteiger partial charge in [-0.25, -0.2) is 9.37 Å². The summed E-state index contributed by atoms with van der Waals surface area (Å²) >= 11 is 0. The lowest BCUT2D eigenvalue weighted by Crippen LogP contribution is -2.34. The predicted octanol–water partition coefficient (Wildman–Crippen LogP) is 3.54. The van der Waals surface area contributed by atoms with E-state index in [0.29, 0.717) is 30.4 Å². The summed E-state index contributed by atoms with van der Waals surface area (Å²) in [5, 5.41) is 0. The molecule has 0 saturated carbocycles. The van der Waals surface area contributed by atoms with E-state index in [1.807, 2.05) is 6.07 Å². The van der Waals surface area contributed by atoms with Crippen LogP contribution in [-0.2, 0) is 11.2 Å². The summed E-state index contributed by atoms with van der Waals surface area (Å²) in [6.07, 6.45) is 6.99. The van der Waals surface area contributed by atoms with Crippen LogP contribution in [0.4, 0.5) is 4.39 Å². The lowest BCUT2D eigenvalue weighted by Gasteiger charge is -2.22. The van der Waals surface area contributed by atoms with Crippen LogP contribution in [0.25, 0.3) is 0 Å². The van der Waals surface area contributed by atoms with E-state index < -0.39 is 0 Å². The molecule has 7 heteroatoms. The van der Waals surface area contributed by atoms with Crippen LogP contribution in [0.1, 0.15) is 36.1 Å². The molecular formula is C21H20FN3O3. The van der Waals surface area contributed by atoms with E-state index >= 15 is 0 Å². The molecule has 1 saturated heterocycles. The highest BCUT2D eigenvalue weighted by Gasteiger charge is 2.33. The standard InChI is InChI=1S/C21H20FN3O3/c22-16-5-1-4-15(10-16)11-18-13-24-21(28-18)19-7-3-9-25(19)20(26)14-27-17-6-2-8-23-12-17/h1-2,4-6,8,10,12-13,19H,3,7,9,11,14H2/t19-/m1/s1. The number of likely N-dealkylation sites (tertiary alicyclic amines) is 1. The van der Waals surface area contributed by atoms with Crippen molar-refractivity contribution in [2.75, 3.05) is 13.2 Å². The maximum Gasteiger partial charge on any atom is 0.261 e. The summed E-state index contributed by atoms with van der Waals surface area (Å²) in [5.41, 5.74) is 0.812. The molecule has 6 nitrogen and oxygen atoms in total. The van der Waals surface area contributed by atoms with Gasteiger partial charge in [-0.1, -0.05) is 12.1 Å². The van der Waals surface area contributed by atoms with Crippen molar-refractivity contribution in [2.45, 2.75) is 25.3 Å². The zero-order chi connectivity index (χ0) is 19.3. The minimum Gasteiger partial charge on any atom is -0.482 e. The topological polar surface area (TPSA) is 68.5 Å². The Morgan fingerprint density at radius 2 is 2.21 bits per heavy atom. The summed E-state index contributed by atoms with van der Waals surface area (Å²) in [7, 11) is 0. The fourth-order valence-corrected chi connectivity index (χ4v) is 3.39.